The highest BCUT2D eigenvalue weighted by atomic mass is 16.3. The standard InChI is InChI=1S/C60H39NO/c1-2-15-43-38-46(30-29-40(43)13-1)45-17-9-16-44(37-45)41-31-34-48(35-32-41)61(57-26-7-5-21-54(57)55-25-12-28-59-60(55)56-22-6-8-27-58(56)62-59)49-19-10-18-47(39-49)51-23-11-24-52-50-20-4-3-14-42(50)33-36-53(51)52/h1-39H. The van der Waals surface area contributed by atoms with Crippen molar-refractivity contribution in [3.05, 3.63) is 237 Å². The van der Waals surface area contributed by atoms with Gasteiger partial charge in [0.15, 0.2) is 0 Å². The predicted molar refractivity (Wildman–Crippen MR) is 263 cm³/mol. The lowest BCUT2D eigenvalue weighted by molar-refractivity contribution is 0.669. The highest BCUT2D eigenvalue weighted by Gasteiger charge is 2.21. The number of hydrogen-bond acceptors (Lipinski definition) is 2. The molecule has 0 amide bonds. The fraction of sp³-hybridized carbons (Fsp3) is 0. The molecule has 11 aromatic carbocycles. The first-order valence-corrected chi connectivity index (χ1v) is 21.2. The summed E-state index contributed by atoms with van der Waals surface area (Å²) >= 11 is 0. The van der Waals surface area contributed by atoms with E-state index in [1.165, 1.54) is 54.6 Å². The maximum atomic E-state index is 6.41. The van der Waals surface area contributed by atoms with Crippen LogP contribution in [0.5, 0.6) is 0 Å². The minimum atomic E-state index is 0.880. The van der Waals surface area contributed by atoms with Crippen LogP contribution >= 0.6 is 0 Å². The maximum absolute atomic E-state index is 6.41. The monoisotopic (exact) mass is 789 g/mol. The Morgan fingerprint density at radius 2 is 0.871 bits per heavy atom. The Bertz CT molecular complexity index is 3650. The minimum Gasteiger partial charge on any atom is -0.456 e. The molecule has 0 spiro atoms. The van der Waals surface area contributed by atoms with Crippen molar-refractivity contribution in [2.45, 2.75) is 0 Å². The van der Waals surface area contributed by atoms with Crippen molar-refractivity contribution in [3.63, 3.8) is 0 Å². The van der Waals surface area contributed by atoms with E-state index < -0.39 is 0 Å². The van der Waals surface area contributed by atoms with Crippen LogP contribution < -0.4 is 4.90 Å². The van der Waals surface area contributed by atoms with Gasteiger partial charge in [0, 0.05) is 27.7 Å². The Labute approximate surface area is 360 Å². The number of furan rings is 1. The predicted octanol–water partition coefficient (Wildman–Crippen LogP) is 17.2. The topological polar surface area (TPSA) is 16.4 Å². The van der Waals surface area contributed by atoms with E-state index in [9.17, 15) is 0 Å². The second-order valence-corrected chi connectivity index (χ2v) is 16.1. The Hall–Kier alpha value is -8.20. The molecular weight excluding hydrogens is 751 g/mol. The second-order valence-electron chi connectivity index (χ2n) is 16.1. The van der Waals surface area contributed by atoms with Gasteiger partial charge in [0.1, 0.15) is 11.2 Å². The van der Waals surface area contributed by atoms with Gasteiger partial charge in [-0.1, -0.05) is 182 Å². The summed E-state index contributed by atoms with van der Waals surface area (Å²) in [5, 5.41) is 9.74. The van der Waals surface area contributed by atoms with Crippen LogP contribution in [0.3, 0.4) is 0 Å². The third-order valence-corrected chi connectivity index (χ3v) is 12.4. The summed E-state index contributed by atoms with van der Waals surface area (Å²) in [4.78, 5) is 2.41. The first kappa shape index (κ1) is 35.7. The first-order chi connectivity index (χ1) is 30.7. The molecule has 12 rings (SSSR count). The second kappa shape index (κ2) is 14.8. The van der Waals surface area contributed by atoms with Gasteiger partial charge >= 0.3 is 0 Å². The van der Waals surface area contributed by atoms with Crippen molar-refractivity contribution >= 4 is 71.3 Å². The lowest BCUT2D eigenvalue weighted by atomic mass is 9.94. The molecule has 0 bridgehead atoms. The van der Waals surface area contributed by atoms with E-state index in [1.54, 1.807) is 0 Å². The van der Waals surface area contributed by atoms with E-state index in [-0.39, 0.29) is 0 Å². The molecule has 12 aromatic rings. The fourth-order valence-corrected chi connectivity index (χ4v) is 9.48. The van der Waals surface area contributed by atoms with Gasteiger partial charge < -0.3 is 9.32 Å². The van der Waals surface area contributed by atoms with Crippen LogP contribution in [0.1, 0.15) is 0 Å². The zero-order valence-electron chi connectivity index (χ0n) is 33.9. The molecule has 2 heteroatoms. The quantitative estimate of drug-likeness (QED) is 0.150. The van der Waals surface area contributed by atoms with Crippen molar-refractivity contribution in [3.8, 4) is 44.5 Å². The van der Waals surface area contributed by atoms with Crippen LogP contribution in [0.2, 0.25) is 0 Å². The highest BCUT2D eigenvalue weighted by molar-refractivity contribution is 6.14. The Balaban J connectivity index is 1.01. The van der Waals surface area contributed by atoms with Gasteiger partial charge in [-0.25, -0.2) is 0 Å². The summed E-state index contributed by atoms with van der Waals surface area (Å²) in [6.45, 7) is 0. The van der Waals surface area contributed by atoms with Crippen LogP contribution in [0.25, 0.3) is 98.8 Å². The summed E-state index contributed by atoms with van der Waals surface area (Å²) < 4.78 is 6.41. The molecule has 0 saturated carbocycles. The number of nitrogens with zero attached hydrogens (tertiary/aromatic N) is 1. The SMILES string of the molecule is c1cc(-c2ccc(N(c3cccc(-c4cccc5c4ccc4ccccc45)c3)c3ccccc3-c3cccc4oc5ccccc5c34)cc2)cc(-c2ccc3ccccc3c2)c1. The summed E-state index contributed by atoms with van der Waals surface area (Å²) in [6.07, 6.45) is 0. The van der Waals surface area contributed by atoms with Gasteiger partial charge in [0.2, 0.25) is 0 Å². The van der Waals surface area contributed by atoms with Crippen LogP contribution in [-0.4, -0.2) is 0 Å². The number of fused-ring (bicyclic) bond motifs is 7. The van der Waals surface area contributed by atoms with Crippen LogP contribution in [0.4, 0.5) is 17.1 Å². The van der Waals surface area contributed by atoms with Crippen molar-refractivity contribution in [1.82, 2.24) is 0 Å². The van der Waals surface area contributed by atoms with Gasteiger partial charge in [-0.15, -0.1) is 0 Å². The van der Waals surface area contributed by atoms with Gasteiger partial charge in [-0.05, 0) is 126 Å². The largest absolute Gasteiger partial charge is 0.456 e. The summed E-state index contributed by atoms with van der Waals surface area (Å²) in [6, 6.07) is 85.6. The number of para-hydroxylation sites is 2. The van der Waals surface area contributed by atoms with E-state index in [0.29, 0.717) is 0 Å². The molecule has 0 aliphatic rings. The molecule has 62 heavy (non-hydrogen) atoms. The molecule has 0 saturated heterocycles. The van der Waals surface area contributed by atoms with Crippen molar-refractivity contribution < 1.29 is 4.42 Å². The molecule has 0 aliphatic heterocycles. The number of hydrogen-bond donors (Lipinski definition) is 0. The molecule has 0 fully saturated rings. The maximum Gasteiger partial charge on any atom is 0.136 e. The summed E-state index contributed by atoms with van der Waals surface area (Å²) in [5.41, 5.74) is 14.4. The summed E-state index contributed by atoms with van der Waals surface area (Å²) in [5.74, 6) is 0. The van der Waals surface area contributed by atoms with Crippen LogP contribution in [0.15, 0.2) is 241 Å². The number of rotatable bonds is 7. The normalized spacial score (nSPS) is 11.5. The Morgan fingerprint density at radius 1 is 0.274 bits per heavy atom. The van der Waals surface area contributed by atoms with E-state index in [0.717, 1.165) is 61.3 Å². The van der Waals surface area contributed by atoms with Crippen molar-refractivity contribution in [2.75, 3.05) is 4.90 Å². The molecule has 0 aliphatic carbocycles. The van der Waals surface area contributed by atoms with E-state index in [1.807, 2.05) is 6.07 Å². The molecule has 2 nitrogen and oxygen atoms in total. The average molecular weight is 790 g/mol. The van der Waals surface area contributed by atoms with Gasteiger partial charge in [0.05, 0.1) is 5.69 Å². The lowest BCUT2D eigenvalue weighted by Gasteiger charge is -2.28. The lowest BCUT2D eigenvalue weighted by Crippen LogP contribution is -2.11. The molecule has 0 radical (unpaired) electrons. The van der Waals surface area contributed by atoms with E-state index >= 15 is 0 Å². The molecule has 1 aromatic heterocycles. The molecular formula is C60H39NO. The molecule has 0 unspecified atom stereocenters. The van der Waals surface area contributed by atoms with Gasteiger partial charge in [-0.3, -0.25) is 0 Å². The highest BCUT2D eigenvalue weighted by Crippen LogP contribution is 2.46. The Kier molecular flexibility index (Phi) is 8.53. The van der Waals surface area contributed by atoms with E-state index in [4.69, 9.17) is 4.42 Å². The smallest absolute Gasteiger partial charge is 0.136 e. The third kappa shape index (κ3) is 6.12. The van der Waals surface area contributed by atoms with Gasteiger partial charge in [0.25, 0.3) is 0 Å². The molecule has 1 heterocycles. The Morgan fingerprint density at radius 3 is 1.77 bits per heavy atom. The first-order valence-electron chi connectivity index (χ1n) is 21.2. The third-order valence-electron chi connectivity index (χ3n) is 12.4. The average Bonchev–Trinajstić information content (AvgIpc) is 3.73. The molecule has 0 N–H and O–H groups in total. The van der Waals surface area contributed by atoms with Crippen LogP contribution in [-0.2, 0) is 0 Å². The number of anilines is 3. The molecule has 290 valence electrons. The minimum absolute atomic E-state index is 0.880. The van der Waals surface area contributed by atoms with Gasteiger partial charge in [-0.2, -0.15) is 0 Å². The van der Waals surface area contributed by atoms with E-state index in [2.05, 4.69) is 235 Å². The zero-order chi connectivity index (χ0) is 41.0. The number of benzene rings is 11. The van der Waals surface area contributed by atoms with Crippen molar-refractivity contribution in [2.24, 2.45) is 0 Å². The molecule has 0 atom stereocenters. The zero-order valence-corrected chi connectivity index (χ0v) is 33.9. The van der Waals surface area contributed by atoms with Crippen LogP contribution in [0, 0.1) is 0 Å². The van der Waals surface area contributed by atoms with Crippen molar-refractivity contribution in [1.29, 1.82) is 0 Å². The summed E-state index contributed by atoms with van der Waals surface area (Å²) in [7, 11) is 0. The fourth-order valence-electron chi connectivity index (χ4n) is 9.48.